The van der Waals surface area contributed by atoms with E-state index in [4.69, 9.17) is 4.74 Å². The Hall–Kier alpha value is -1.87. The lowest BCUT2D eigenvalue weighted by Gasteiger charge is -2.13. The molecule has 1 aliphatic rings. The highest BCUT2D eigenvalue weighted by atomic mass is 16.5. The van der Waals surface area contributed by atoms with Crippen LogP contribution in [-0.2, 0) is 16.1 Å². The van der Waals surface area contributed by atoms with E-state index in [0.29, 0.717) is 6.54 Å². The normalized spacial score (nSPS) is 16.1. The molecule has 1 aliphatic carbocycles. The summed E-state index contributed by atoms with van der Waals surface area (Å²) >= 11 is 0. The number of carbonyl (C=O) groups is 1. The average Bonchev–Trinajstić information content (AvgIpc) is 3.27. The zero-order chi connectivity index (χ0) is 14.0. The van der Waals surface area contributed by atoms with Gasteiger partial charge < -0.3 is 10.1 Å². The fourth-order valence-electron chi connectivity index (χ4n) is 2.62. The number of nitrogens with one attached hydrogen (secondary N) is 1. The summed E-state index contributed by atoms with van der Waals surface area (Å²) in [5.41, 5.74) is 0.982. The van der Waals surface area contributed by atoms with Crippen LogP contribution in [0.3, 0.4) is 0 Å². The summed E-state index contributed by atoms with van der Waals surface area (Å²) in [6, 6.07) is 14.8. The van der Waals surface area contributed by atoms with E-state index in [1.165, 1.54) is 23.4 Å². The van der Waals surface area contributed by atoms with Crippen molar-refractivity contribution < 1.29 is 9.53 Å². The van der Waals surface area contributed by atoms with E-state index < -0.39 is 0 Å². The van der Waals surface area contributed by atoms with Gasteiger partial charge in [0.2, 0.25) is 0 Å². The molecule has 0 unspecified atom stereocenters. The smallest absolute Gasteiger partial charge is 0.313 e. The second kappa shape index (κ2) is 5.25. The molecule has 2 aromatic rings. The van der Waals surface area contributed by atoms with Gasteiger partial charge in [0, 0.05) is 13.1 Å². The highest BCUT2D eigenvalue weighted by molar-refractivity contribution is 5.83. The molecule has 20 heavy (non-hydrogen) atoms. The van der Waals surface area contributed by atoms with Crippen molar-refractivity contribution in [2.75, 3.05) is 13.7 Å². The van der Waals surface area contributed by atoms with Gasteiger partial charge in [-0.3, -0.25) is 4.79 Å². The van der Waals surface area contributed by atoms with E-state index in [2.05, 4.69) is 41.7 Å². The molecular weight excluding hydrogens is 250 g/mol. The molecule has 3 heteroatoms. The van der Waals surface area contributed by atoms with Crippen molar-refractivity contribution in [3.05, 3.63) is 48.0 Å². The minimum absolute atomic E-state index is 0.0801. The molecule has 2 aromatic carbocycles. The Morgan fingerprint density at radius 1 is 1.20 bits per heavy atom. The zero-order valence-electron chi connectivity index (χ0n) is 11.7. The van der Waals surface area contributed by atoms with Crippen LogP contribution in [0.2, 0.25) is 0 Å². The number of methoxy groups -OCH3 is 1. The maximum atomic E-state index is 11.7. The third kappa shape index (κ3) is 2.54. The highest BCUT2D eigenvalue weighted by Gasteiger charge is 2.50. The molecule has 1 saturated carbocycles. The SMILES string of the molecule is COC(=O)C1(CNCc2ccc3ccccc3c2)CC1. The maximum absolute atomic E-state index is 11.7. The molecule has 0 atom stereocenters. The van der Waals surface area contributed by atoms with Crippen molar-refractivity contribution >= 4 is 16.7 Å². The summed E-state index contributed by atoms with van der Waals surface area (Å²) in [5.74, 6) is -0.0801. The third-order valence-electron chi connectivity index (χ3n) is 4.08. The predicted molar refractivity (Wildman–Crippen MR) is 79.3 cm³/mol. The van der Waals surface area contributed by atoms with Gasteiger partial charge in [-0.05, 0) is 35.2 Å². The first kappa shape index (κ1) is 13.1. The molecule has 0 bridgehead atoms. The molecule has 0 radical (unpaired) electrons. The molecule has 0 saturated heterocycles. The van der Waals surface area contributed by atoms with Crippen molar-refractivity contribution in [2.45, 2.75) is 19.4 Å². The Kier molecular flexibility index (Phi) is 3.45. The molecule has 0 spiro atoms. The van der Waals surface area contributed by atoms with Crippen LogP contribution in [0.5, 0.6) is 0 Å². The second-order valence-electron chi connectivity index (χ2n) is 5.56. The summed E-state index contributed by atoms with van der Waals surface area (Å²) in [6.45, 7) is 1.48. The average molecular weight is 269 g/mol. The van der Waals surface area contributed by atoms with Crippen LogP contribution in [0.4, 0.5) is 0 Å². The molecular formula is C17H19NO2. The summed E-state index contributed by atoms with van der Waals surface area (Å²) < 4.78 is 4.86. The topological polar surface area (TPSA) is 38.3 Å². The number of rotatable bonds is 5. The van der Waals surface area contributed by atoms with Crippen LogP contribution >= 0.6 is 0 Å². The van der Waals surface area contributed by atoms with Gasteiger partial charge in [-0.2, -0.15) is 0 Å². The van der Waals surface area contributed by atoms with E-state index in [9.17, 15) is 4.79 Å². The lowest BCUT2D eigenvalue weighted by atomic mass is 10.1. The van der Waals surface area contributed by atoms with E-state index in [0.717, 1.165) is 19.4 Å². The summed E-state index contributed by atoms with van der Waals surface area (Å²) in [7, 11) is 1.46. The summed E-state index contributed by atoms with van der Waals surface area (Å²) in [6.07, 6.45) is 1.87. The molecule has 3 nitrogen and oxygen atoms in total. The van der Waals surface area contributed by atoms with Gasteiger partial charge in [-0.15, -0.1) is 0 Å². The minimum Gasteiger partial charge on any atom is -0.469 e. The van der Waals surface area contributed by atoms with Crippen LogP contribution in [0.25, 0.3) is 10.8 Å². The van der Waals surface area contributed by atoms with Gasteiger partial charge >= 0.3 is 5.97 Å². The molecule has 0 heterocycles. The Bertz CT molecular complexity index is 632. The van der Waals surface area contributed by atoms with Gasteiger partial charge in [0.1, 0.15) is 0 Å². The molecule has 3 rings (SSSR count). The number of benzene rings is 2. The Balaban J connectivity index is 1.61. The lowest BCUT2D eigenvalue weighted by Crippen LogP contribution is -2.30. The number of esters is 1. The Morgan fingerprint density at radius 2 is 1.95 bits per heavy atom. The Labute approximate surface area is 118 Å². The van der Waals surface area contributed by atoms with E-state index >= 15 is 0 Å². The molecule has 1 N–H and O–H groups in total. The number of hydrogen-bond acceptors (Lipinski definition) is 3. The van der Waals surface area contributed by atoms with Gasteiger partial charge in [0.25, 0.3) is 0 Å². The van der Waals surface area contributed by atoms with E-state index in [1.807, 2.05) is 6.07 Å². The molecule has 1 fully saturated rings. The fourth-order valence-corrected chi connectivity index (χ4v) is 2.62. The summed E-state index contributed by atoms with van der Waals surface area (Å²) in [5, 5.41) is 5.89. The van der Waals surface area contributed by atoms with Crippen molar-refractivity contribution in [3.8, 4) is 0 Å². The van der Waals surface area contributed by atoms with Crippen molar-refractivity contribution in [1.82, 2.24) is 5.32 Å². The molecule has 0 aliphatic heterocycles. The third-order valence-corrected chi connectivity index (χ3v) is 4.08. The molecule has 0 amide bonds. The largest absolute Gasteiger partial charge is 0.469 e. The first-order chi connectivity index (χ1) is 9.73. The van der Waals surface area contributed by atoms with Crippen LogP contribution < -0.4 is 5.32 Å². The zero-order valence-corrected chi connectivity index (χ0v) is 11.7. The van der Waals surface area contributed by atoms with Crippen LogP contribution in [-0.4, -0.2) is 19.6 Å². The van der Waals surface area contributed by atoms with Crippen LogP contribution in [0.1, 0.15) is 18.4 Å². The lowest BCUT2D eigenvalue weighted by molar-refractivity contribution is -0.146. The standard InChI is InChI=1S/C17H19NO2/c1-20-16(19)17(8-9-17)12-18-11-13-6-7-14-4-2-3-5-15(14)10-13/h2-7,10,18H,8-9,11-12H2,1H3. The van der Waals surface area contributed by atoms with E-state index in [-0.39, 0.29) is 11.4 Å². The maximum Gasteiger partial charge on any atom is 0.313 e. The van der Waals surface area contributed by atoms with E-state index in [1.54, 1.807) is 0 Å². The van der Waals surface area contributed by atoms with Crippen molar-refractivity contribution in [2.24, 2.45) is 5.41 Å². The number of carbonyl (C=O) groups excluding carboxylic acids is 1. The molecule has 104 valence electrons. The van der Waals surface area contributed by atoms with Crippen molar-refractivity contribution in [1.29, 1.82) is 0 Å². The monoisotopic (exact) mass is 269 g/mol. The van der Waals surface area contributed by atoms with Crippen LogP contribution in [0, 0.1) is 5.41 Å². The van der Waals surface area contributed by atoms with Crippen molar-refractivity contribution in [3.63, 3.8) is 0 Å². The quantitative estimate of drug-likeness (QED) is 0.848. The minimum atomic E-state index is -0.258. The number of fused-ring (bicyclic) bond motifs is 1. The van der Waals surface area contributed by atoms with Gasteiger partial charge in [-0.1, -0.05) is 36.4 Å². The highest BCUT2D eigenvalue weighted by Crippen LogP contribution is 2.46. The van der Waals surface area contributed by atoms with Gasteiger partial charge in [0.15, 0.2) is 0 Å². The van der Waals surface area contributed by atoms with Gasteiger partial charge in [-0.25, -0.2) is 0 Å². The first-order valence-corrected chi connectivity index (χ1v) is 7.00. The number of ether oxygens (including phenoxy) is 1. The summed E-state index contributed by atoms with van der Waals surface area (Å²) in [4.78, 5) is 11.7. The van der Waals surface area contributed by atoms with Crippen LogP contribution in [0.15, 0.2) is 42.5 Å². The number of hydrogen-bond donors (Lipinski definition) is 1. The second-order valence-corrected chi connectivity index (χ2v) is 5.56. The first-order valence-electron chi connectivity index (χ1n) is 7.00. The van der Waals surface area contributed by atoms with Gasteiger partial charge in [0.05, 0.1) is 12.5 Å². The Morgan fingerprint density at radius 3 is 2.65 bits per heavy atom. The fraction of sp³-hybridized carbons (Fsp3) is 0.353. The molecule has 0 aromatic heterocycles. The predicted octanol–water partition coefficient (Wildman–Crippen LogP) is 2.88.